The van der Waals surface area contributed by atoms with Crippen molar-refractivity contribution >= 4 is 22.5 Å². The quantitative estimate of drug-likeness (QED) is 0.554. The van der Waals surface area contributed by atoms with E-state index in [0.29, 0.717) is 13.0 Å². The second kappa shape index (κ2) is 6.70. The first-order valence-electron chi connectivity index (χ1n) is 8.72. The minimum atomic E-state index is -4.49. The minimum absolute atomic E-state index is 0.0656. The lowest BCUT2D eigenvalue weighted by atomic mass is 10.1. The molecule has 0 fully saturated rings. The van der Waals surface area contributed by atoms with E-state index >= 15 is 0 Å². The highest BCUT2D eigenvalue weighted by Crippen LogP contribution is 2.29. The Morgan fingerprint density at radius 3 is 2.86 bits per heavy atom. The average Bonchev–Trinajstić information content (AvgIpc) is 3.24. The van der Waals surface area contributed by atoms with Crippen molar-refractivity contribution in [2.75, 3.05) is 6.54 Å². The van der Waals surface area contributed by atoms with Crippen LogP contribution in [-0.2, 0) is 12.6 Å². The zero-order chi connectivity index (χ0) is 19.9. The lowest BCUT2D eigenvalue weighted by Crippen LogP contribution is -2.27. The molecule has 3 heterocycles. The Morgan fingerprint density at radius 1 is 1.25 bits per heavy atom. The number of H-pyrrole nitrogens is 1. The van der Waals surface area contributed by atoms with E-state index in [1.54, 1.807) is 0 Å². The SMILES string of the molecule is Cc1ccc2[nH]cc(CCNC(=O)c3cnc4ccc(C(F)(F)F)cn34)c2c1. The molecule has 3 aromatic heterocycles. The van der Waals surface area contributed by atoms with Gasteiger partial charge < -0.3 is 10.3 Å². The van der Waals surface area contributed by atoms with E-state index in [1.165, 1.54) is 12.3 Å². The predicted molar refractivity (Wildman–Crippen MR) is 99.3 cm³/mol. The van der Waals surface area contributed by atoms with Crippen LogP contribution in [0.25, 0.3) is 16.6 Å². The number of nitrogens with zero attached hydrogens (tertiary/aromatic N) is 2. The summed E-state index contributed by atoms with van der Waals surface area (Å²) >= 11 is 0. The number of halogens is 3. The Morgan fingerprint density at radius 2 is 2.07 bits per heavy atom. The summed E-state index contributed by atoms with van der Waals surface area (Å²) in [6.07, 6.45) is 0.180. The third-order valence-electron chi connectivity index (χ3n) is 4.67. The van der Waals surface area contributed by atoms with Crippen LogP contribution in [-0.4, -0.2) is 26.8 Å². The molecule has 2 N–H and O–H groups in total. The number of fused-ring (bicyclic) bond motifs is 2. The van der Waals surface area contributed by atoms with Crippen LogP contribution in [0.5, 0.6) is 0 Å². The molecule has 1 amide bonds. The molecule has 5 nitrogen and oxygen atoms in total. The number of pyridine rings is 1. The zero-order valence-electron chi connectivity index (χ0n) is 15.0. The van der Waals surface area contributed by atoms with Gasteiger partial charge in [0.25, 0.3) is 5.91 Å². The van der Waals surface area contributed by atoms with Crippen LogP contribution >= 0.6 is 0 Å². The van der Waals surface area contributed by atoms with Gasteiger partial charge in [-0.05, 0) is 43.2 Å². The summed E-state index contributed by atoms with van der Waals surface area (Å²) in [7, 11) is 0. The van der Waals surface area contributed by atoms with Crippen LogP contribution in [0.15, 0.2) is 48.9 Å². The summed E-state index contributed by atoms with van der Waals surface area (Å²) in [6, 6.07) is 8.29. The van der Waals surface area contributed by atoms with Gasteiger partial charge >= 0.3 is 6.18 Å². The summed E-state index contributed by atoms with van der Waals surface area (Å²) in [4.78, 5) is 19.7. The number of amides is 1. The number of hydrogen-bond donors (Lipinski definition) is 2. The molecule has 4 aromatic rings. The van der Waals surface area contributed by atoms with Gasteiger partial charge in [0.2, 0.25) is 0 Å². The van der Waals surface area contributed by atoms with Crippen molar-refractivity contribution in [3.8, 4) is 0 Å². The molecule has 0 aliphatic carbocycles. The Bertz CT molecular complexity index is 1170. The maximum absolute atomic E-state index is 12.9. The van der Waals surface area contributed by atoms with Crippen LogP contribution in [0, 0.1) is 6.92 Å². The highest BCUT2D eigenvalue weighted by Gasteiger charge is 2.31. The number of imidazole rings is 1. The Balaban J connectivity index is 1.50. The number of carbonyl (C=O) groups excluding carboxylic acids is 1. The monoisotopic (exact) mass is 386 g/mol. The molecule has 0 aliphatic heterocycles. The fourth-order valence-electron chi connectivity index (χ4n) is 3.22. The Labute approximate surface area is 158 Å². The Kier molecular flexibility index (Phi) is 4.33. The van der Waals surface area contributed by atoms with Crippen LogP contribution in [0.4, 0.5) is 13.2 Å². The third-order valence-corrected chi connectivity index (χ3v) is 4.67. The molecule has 0 spiro atoms. The van der Waals surface area contributed by atoms with E-state index in [2.05, 4.69) is 21.4 Å². The molecule has 0 unspecified atom stereocenters. The molecule has 0 atom stereocenters. The van der Waals surface area contributed by atoms with E-state index in [9.17, 15) is 18.0 Å². The highest BCUT2D eigenvalue weighted by molar-refractivity contribution is 5.93. The molecule has 144 valence electrons. The number of benzene rings is 1. The third kappa shape index (κ3) is 3.33. The van der Waals surface area contributed by atoms with Gasteiger partial charge in [-0.2, -0.15) is 13.2 Å². The summed E-state index contributed by atoms with van der Waals surface area (Å²) in [5.41, 5.74) is 2.75. The predicted octanol–water partition coefficient (Wildman–Crippen LogP) is 4.12. The molecule has 0 aliphatic rings. The second-order valence-corrected chi connectivity index (χ2v) is 6.66. The van der Waals surface area contributed by atoms with Crippen LogP contribution in [0.2, 0.25) is 0 Å². The summed E-state index contributed by atoms with van der Waals surface area (Å²) in [5.74, 6) is -0.470. The molecule has 4 rings (SSSR count). The number of aryl methyl sites for hydroxylation is 1. The van der Waals surface area contributed by atoms with Crippen molar-refractivity contribution in [2.24, 2.45) is 0 Å². The number of carbonyl (C=O) groups is 1. The molecule has 0 saturated heterocycles. The number of nitrogens with one attached hydrogen (secondary N) is 2. The van der Waals surface area contributed by atoms with Crippen molar-refractivity contribution in [1.29, 1.82) is 0 Å². The average molecular weight is 386 g/mol. The molecule has 0 saturated carbocycles. The Hall–Kier alpha value is -3.29. The summed E-state index contributed by atoms with van der Waals surface area (Å²) < 4.78 is 40.0. The van der Waals surface area contributed by atoms with Crippen molar-refractivity contribution in [1.82, 2.24) is 19.7 Å². The first-order valence-corrected chi connectivity index (χ1v) is 8.72. The highest BCUT2D eigenvalue weighted by atomic mass is 19.4. The van der Waals surface area contributed by atoms with Crippen LogP contribution < -0.4 is 5.32 Å². The van der Waals surface area contributed by atoms with Crippen LogP contribution in [0.1, 0.15) is 27.2 Å². The van der Waals surface area contributed by atoms with E-state index in [0.717, 1.165) is 38.7 Å². The second-order valence-electron chi connectivity index (χ2n) is 6.66. The standard InChI is InChI=1S/C20H17F3N4O/c1-12-2-4-16-15(8-12)13(9-25-16)6-7-24-19(28)17-10-26-18-5-3-14(11-27(17)18)20(21,22)23/h2-5,8-11,25H,6-7H2,1H3,(H,24,28). The van der Waals surface area contributed by atoms with Crippen molar-refractivity contribution in [3.63, 3.8) is 0 Å². The van der Waals surface area contributed by atoms with Gasteiger partial charge in [-0.3, -0.25) is 9.20 Å². The van der Waals surface area contributed by atoms with Gasteiger partial charge in [-0.15, -0.1) is 0 Å². The number of hydrogen-bond acceptors (Lipinski definition) is 2. The molecule has 0 bridgehead atoms. The molecule has 28 heavy (non-hydrogen) atoms. The maximum Gasteiger partial charge on any atom is 0.417 e. The van der Waals surface area contributed by atoms with Gasteiger partial charge in [0.05, 0.1) is 11.8 Å². The van der Waals surface area contributed by atoms with Crippen molar-refractivity contribution in [2.45, 2.75) is 19.5 Å². The first kappa shape index (κ1) is 18.1. The van der Waals surface area contributed by atoms with Gasteiger partial charge in [-0.25, -0.2) is 4.98 Å². The molecular weight excluding hydrogens is 369 g/mol. The number of alkyl halides is 3. The molecule has 1 aromatic carbocycles. The zero-order valence-corrected chi connectivity index (χ0v) is 15.0. The van der Waals surface area contributed by atoms with Gasteiger partial charge in [0.1, 0.15) is 11.3 Å². The summed E-state index contributed by atoms with van der Waals surface area (Å²) in [6.45, 7) is 2.36. The number of rotatable bonds is 4. The van der Waals surface area contributed by atoms with Crippen molar-refractivity contribution < 1.29 is 18.0 Å². The smallest absolute Gasteiger partial charge is 0.361 e. The van der Waals surface area contributed by atoms with E-state index in [4.69, 9.17) is 0 Å². The van der Waals surface area contributed by atoms with Gasteiger partial charge in [0, 0.05) is 29.8 Å². The lowest BCUT2D eigenvalue weighted by molar-refractivity contribution is -0.137. The lowest BCUT2D eigenvalue weighted by Gasteiger charge is -2.09. The normalized spacial score (nSPS) is 12.0. The fraction of sp³-hybridized carbons (Fsp3) is 0.200. The van der Waals surface area contributed by atoms with Gasteiger partial charge in [0.15, 0.2) is 0 Å². The molecule has 8 heteroatoms. The van der Waals surface area contributed by atoms with Crippen molar-refractivity contribution in [3.05, 3.63) is 71.3 Å². The maximum atomic E-state index is 12.9. The number of aromatic amines is 1. The first-order chi connectivity index (χ1) is 13.3. The largest absolute Gasteiger partial charge is 0.417 e. The topological polar surface area (TPSA) is 62.2 Å². The van der Waals surface area contributed by atoms with E-state index in [1.807, 2.05) is 25.3 Å². The molecular formula is C20H17F3N4O. The van der Waals surface area contributed by atoms with Crippen LogP contribution in [0.3, 0.4) is 0 Å². The van der Waals surface area contributed by atoms with E-state index in [-0.39, 0.29) is 11.3 Å². The number of aromatic nitrogens is 3. The fourth-order valence-corrected chi connectivity index (χ4v) is 3.22. The minimum Gasteiger partial charge on any atom is -0.361 e. The summed E-state index contributed by atoms with van der Waals surface area (Å²) in [5, 5.41) is 3.85. The van der Waals surface area contributed by atoms with Gasteiger partial charge in [-0.1, -0.05) is 11.6 Å². The van der Waals surface area contributed by atoms with E-state index < -0.39 is 17.6 Å². The molecule has 0 radical (unpaired) electrons.